The van der Waals surface area contributed by atoms with Crippen LogP contribution in [0.1, 0.15) is 28.8 Å². The van der Waals surface area contributed by atoms with E-state index >= 15 is 0 Å². The summed E-state index contributed by atoms with van der Waals surface area (Å²) in [6, 6.07) is 8.76. The second-order valence-electron chi connectivity index (χ2n) is 4.19. The number of aryl methyl sites for hydroxylation is 1. The first-order valence-electron chi connectivity index (χ1n) is 5.52. The molecule has 0 bridgehead atoms. The van der Waals surface area contributed by atoms with Crippen molar-refractivity contribution in [1.29, 1.82) is 0 Å². The molecule has 4 nitrogen and oxygen atoms in total. The number of rotatable bonds is 1. The Morgan fingerprint density at radius 1 is 1.25 bits per heavy atom. The predicted octanol–water partition coefficient (Wildman–Crippen LogP) is 1.50. The van der Waals surface area contributed by atoms with Crippen LogP contribution >= 0.6 is 0 Å². The van der Waals surface area contributed by atoms with E-state index in [2.05, 4.69) is 44.8 Å². The molecule has 1 aromatic heterocycles. The minimum atomic E-state index is 0.236. The number of aromatic nitrogens is 3. The Balaban J connectivity index is 1.88. The lowest BCUT2D eigenvalue weighted by atomic mass is 9.96. The van der Waals surface area contributed by atoms with Crippen LogP contribution in [0.2, 0.25) is 0 Å². The van der Waals surface area contributed by atoms with Crippen molar-refractivity contribution >= 4 is 0 Å². The van der Waals surface area contributed by atoms with E-state index in [1.54, 1.807) is 0 Å². The first kappa shape index (κ1) is 9.54. The molecule has 0 spiro atoms. The summed E-state index contributed by atoms with van der Waals surface area (Å²) in [4.78, 5) is 4.38. The van der Waals surface area contributed by atoms with Gasteiger partial charge in [0.15, 0.2) is 5.82 Å². The summed E-state index contributed by atoms with van der Waals surface area (Å²) in [5, 5.41) is 10.6. The third-order valence-corrected chi connectivity index (χ3v) is 3.01. The normalized spacial score (nSPS) is 19.4. The topological polar surface area (TPSA) is 53.6 Å². The van der Waals surface area contributed by atoms with Gasteiger partial charge in [-0.05, 0) is 24.5 Å². The van der Waals surface area contributed by atoms with Gasteiger partial charge in [0.05, 0.1) is 6.04 Å². The molecule has 2 heterocycles. The van der Waals surface area contributed by atoms with E-state index in [0.29, 0.717) is 0 Å². The number of nitrogens with one attached hydrogen (secondary N) is 2. The van der Waals surface area contributed by atoms with Gasteiger partial charge in [-0.1, -0.05) is 24.3 Å². The van der Waals surface area contributed by atoms with E-state index in [1.807, 2.05) is 6.92 Å². The fourth-order valence-corrected chi connectivity index (χ4v) is 2.15. The summed E-state index contributed by atoms with van der Waals surface area (Å²) in [7, 11) is 0. The lowest BCUT2D eigenvalue weighted by molar-refractivity contribution is 0.477. The van der Waals surface area contributed by atoms with Crippen molar-refractivity contribution in [1.82, 2.24) is 20.5 Å². The molecule has 0 fully saturated rings. The van der Waals surface area contributed by atoms with E-state index in [1.165, 1.54) is 11.1 Å². The summed E-state index contributed by atoms with van der Waals surface area (Å²) in [5.74, 6) is 1.74. The molecule has 0 radical (unpaired) electrons. The smallest absolute Gasteiger partial charge is 0.167 e. The highest BCUT2D eigenvalue weighted by atomic mass is 15.2. The van der Waals surface area contributed by atoms with Gasteiger partial charge in [0.25, 0.3) is 0 Å². The zero-order chi connectivity index (χ0) is 11.0. The highest BCUT2D eigenvalue weighted by Gasteiger charge is 2.21. The molecule has 82 valence electrons. The predicted molar refractivity (Wildman–Crippen MR) is 60.8 cm³/mol. The summed E-state index contributed by atoms with van der Waals surface area (Å²) < 4.78 is 0. The maximum Gasteiger partial charge on any atom is 0.167 e. The summed E-state index contributed by atoms with van der Waals surface area (Å²) >= 11 is 0. The maximum absolute atomic E-state index is 4.38. The highest BCUT2D eigenvalue weighted by Crippen LogP contribution is 2.23. The molecule has 1 aliphatic heterocycles. The van der Waals surface area contributed by atoms with Gasteiger partial charge in [0.2, 0.25) is 0 Å². The SMILES string of the molecule is Cc1nc([C@H]2Cc3ccccc3CN2)n[nH]1. The van der Waals surface area contributed by atoms with E-state index < -0.39 is 0 Å². The number of H-pyrrole nitrogens is 1. The number of nitrogens with zero attached hydrogens (tertiary/aromatic N) is 2. The summed E-state index contributed by atoms with van der Waals surface area (Å²) in [6.07, 6.45) is 0.966. The molecule has 0 saturated carbocycles. The Morgan fingerprint density at radius 2 is 2.06 bits per heavy atom. The van der Waals surface area contributed by atoms with Crippen molar-refractivity contribution in [3.63, 3.8) is 0 Å². The Morgan fingerprint density at radius 3 is 2.81 bits per heavy atom. The van der Waals surface area contributed by atoms with E-state index in [9.17, 15) is 0 Å². The van der Waals surface area contributed by atoms with Crippen molar-refractivity contribution in [3.05, 3.63) is 47.0 Å². The first-order chi connectivity index (χ1) is 7.83. The fourth-order valence-electron chi connectivity index (χ4n) is 2.15. The van der Waals surface area contributed by atoms with Crippen LogP contribution in [-0.4, -0.2) is 15.2 Å². The maximum atomic E-state index is 4.38. The van der Waals surface area contributed by atoms with Gasteiger partial charge in [0.1, 0.15) is 5.82 Å². The van der Waals surface area contributed by atoms with Gasteiger partial charge in [0, 0.05) is 6.54 Å². The number of hydrogen-bond acceptors (Lipinski definition) is 3. The van der Waals surface area contributed by atoms with Gasteiger partial charge < -0.3 is 5.32 Å². The Kier molecular flexibility index (Phi) is 2.22. The van der Waals surface area contributed by atoms with Crippen LogP contribution in [0, 0.1) is 6.92 Å². The average molecular weight is 214 g/mol. The Labute approximate surface area is 94.1 Å². The largest absolute Gasteiger partial charge is 0.303 e. The zero-order valence-electron chi connectivity index (χ0n) is 9.20. The van der Waals surface area contributed by atoms with Crippen LogP contribution in [0.4, 0.5) is 0 Å². The molecule has 0 aliphatic carbocycles. The molecular formula is C12H14N4. The standard InChI is InChI=1S/C12H14N4/c1-8-14-12(16-15-8)11-6-9-4-2-3-5-10(9)7-13-11/h2-5,11,13H,6-7H2,1H3,(H,14,15,16)/t11-/m1/s1. The molecule has 2 aromatic rings. The van der Waals surface area contributed by atoms with Gasteiger partial charge in [-0.25, -0.2) is 4.98 Å². The lowest BCUT2D eigenvalue weighted by Crippen LogP contribution is -2.29. The van der Waals surface area contributed by atoms with E-state index in [4.69, 9.17) is 0 Å². The molecule has 2 N–H and O–H groups in total. The number of hydrogen-bond donors (Lipinski definition) is 2. The molecule has 0 saturated heterocycles. The fraction of sp³-hybridized carbons (Fsp3) is 0.333. The molecule has 3 rings (SSSR count). The number of aromatic amines is 1. The molecule has 16 heavy (non-hydrogen) atoms. The van der Waals surface area contributed by atoms with Gasteiger partial charge in [-0.2, -0.15) is 5.10 Å². The number of benzene rings is 1. The van der Waals surface area contributed by atoms with Crippen LogP contribution in [0.25, 0.3) is 0 Å². The highest BCUT2D eigenvalue weighted by molar-refractivity contribution is 5.30. The van der Waals surface area contributed by atoms with Crippen LogP contribution in [0.3, 0.4) is 0 Å². The molecule has 0 amide bonds. The second kappa shape index (κ2) is 3.72. The quantitative estimate of drug-likeness (QED) is 0.756. The van der Waals surface area contributed by atoms with Crippen molar-refractivity contribution in [3.8, 4) is 0 Å². The minimum Gasteiger partial charge on any atom is -0.303 e. The van der Waals surface area contributed by atoms with Crippen molar-refractivity contribution in [2.75, 3.05) is 0 Å². The van der Waals surface area contributed by atoms with Crippen molar-refractivity contribution in [2.24, 2.45) is 0 Å². The van der Waals surface area contributed by atoms with Gasteiger partial charge in [-0.3, -0.25) is 5.10 Å². The van der Waals surface area contributed by atoms with Gasteiger partial charge in [-0.15, -0.1) is 0 Å². The lowest BCUT2D eigenvalue weighted by Gasteiger charge is -2.23. The van der Waals surface area contributed by atoms with Crippen LogP contribution in [0.15, 0.2) is 24.3 Å². The van der Waals surface area contributed by atoms with Crippen molar-refractivity contribution < 1.29 is 0 Å². The third-order valence-electron chi connectivity index (χ3n) is 3.01. The Hall–Kier alpha value is -1.68. The van der Waals surface area contributed by atoms with Crippen LogP contribution < -0.4 is 5.32 Å². The van der Waals surface area contributed by atoms with Gasteiger partial charge >= 0.3 is 0 Å². The monoisotopic (exact) mass is 214 g/mol. The third kappa shape index (κ3) is 1.61. The van der Waals surface area contributed by atoms with Crippen LogP contribution in [-0.2, 0) is 13.0 Å². The molecular weight excluding hydrogens is 200 g/mol. The minimum absolute atomic E-state index is 0.236. The van der Waals surface area contributed by atoms with Crippen molar-refractivity contribution in [2.45, 2.75) is 25.9 Å². The van der Waals surface area contributed by atoms with E-state index in [-0.39, 0.29) is 6.04 Å². The molecule has 1 aliphatic rings. The first-order valence-corrected chi connectivity index (χ1v) is 5.52. The Bertz CT molecular complexity index is 503. The van der Waals surface area contributed by atoms with Crippen LogP contribution in [0.5, 0.6) is 0 Å². The molecule has 0 unspecified atom stereocenters. The summed E-state index contributed by atoms with van der Waals surface area (Å²) in [5.41, 5.74) is 2.78. The molecule has 1 aromatic carbocycles. The zero-order valence-corrected chi connectivity index (χ0v) is 9.20. The average Bonchev–Trinajstić information content (AvgIpc) is 2.75. The molecule has 1 atom stereocenters. The summed E-state index contributed by atoms with van der Waals surface area (Å²) in [6.45, 7) is 2.82. The van der Waals surface area contributed by atoms with E-state index in [0.717, 1.165) is 24.6 Å². The number of fused-ring (bicyclic) bond motifs is 1. The molecule has 4 heteroatoms. The second-order valence-corrected chi connectivity index (χ2v) is 4.19.